The van der Waals surface area contributed by atoms with Gasteiger partial charge in [0.15, 0.2) is 23.1 Å². The highest BCUT2D eigenvalue weighted by Gasteiger charge is 2.37. The predicted octanol–water partition coefficient (Wildman–Crippen LogP) is 1.08. The Morgan fingerprint density at radius 3 is 2.22 bits per heavy atom. The van der Waals surface area contributed by atoms with Crippen molar-refractivity contribution in [1.82, 2.24) is 0 Å². The number of carbonyl (C=O) groups is 2. The molecule has 0 saturated heterocycles. The van der Waals surface area contributed by atoms with Crippen LogP contribution in [0.4, 0.5) is 0 Å². The Kier molecular flexibility index (Phi) is 3.23. The van der Waals surface area contributed by atoms with Crippen molar-refractivity contribution in [3.05, 3.63) is 46.0 Å². The molecule has 0 aliphatic heterocycles. The number of benzene rings is 2. The van der Waals surface area contributed by atoms with E-state index in [-0.39, 0.29) is 33.6 Å². The van der Waals surface area contributed by atoms with Crippen molar-refractivity contribution >= 4 is 11.6 Å². The summed E-state index contributed by atoms with van der Waals surface area (Å²) in [4.78, 5) is 25.3. The summed E-state index contributed by atoms with van der Waals surface area (Å²) in [5, 5.41) is 38.7. The number of ketones is 2. The summed E-state index contributed by atoms with van der Waals surface area (Å²) < 4.78 is 5.10. The van der Waals surface area contributed by atoms with Gasteiger partial charge in [0.25, 0.3) is 0 Å². The normalized spacial score (nSPS) is 12.8. The summed E-state index contributed by atoms with van der Waals surface area (Å²) in [5.74, 6) is -3.09. The fraction of sp³-hybridized carbons (Fsp3) is 0.125. The molecule has 0 spiro atoms. The first kappa shape index (κ1) is 14.9. The van der Waals surface area contributed by atoms with Crippen molar-refractivity contribution in [3.63, 3.8) is 0 Å². The Hall–Kier alpha value is -3.06. The van der Waals surface area contributed by atoms with E-state index >= 15 is 0 Å². The van der Waals surface area contributed by atoms with Crippen LogP contribution in [0.25, 0.3) is 0 Å². The Bertz CT molecular complexity index is 867. The van der Waals surface area contributed by atoms with Gasteiger partial charge in [0, 0.05) is 11.1 Å². The second kappa shape index (κ2) is 4.99. The molecule has 2 aromatic rings. The highest BCUT2D eigenvalue weighted by Crippen LogP contribution is 2.43. The van der Waals surface area contributed by atoms with E-state index in [1.54, 1.807) is 0 Å². The maximum Gasteiger partial charge on any atom is 0.198 e. The summed E-state index contributed by atoms with van der Waals surface area (Å²) in [6.07, 6.45) is 0. The highest BCUT2D eigenvalue weighted by atomic mass is 16.5. The quantitative estimate of drug-likeness (QED) is 0.521. The fourth-order valence-electron chi connectivity index (χ4n) is 2.74. The van der Waals surface area contributed by atoms with Gasteiger partial charge < -0.3 is 25.2 Å². The number of rotatable bonds is 2. The van der Waals surface area contributed by atoms with E-state index < -0.39 is 35.4 Å². The van der Waals surface area contributed by atoms with Crippen LogP contribution in [0.15, 0.2) is 18.2 Å². The van der Waals surface area contributed by atoms with E-state index in [0.29, 0.717) is 0 Å². The molecule has 4 N–H and O–H groups in total. The molecule has 0 radical (unpaired) electrons. The average Bonchev–Trinajstić information content (AvgIpc) is 2.53. The van der Waals surface area contributed by atoms with E-state index in [4.69, 9.17) is 4.74 Å². The first-order valence-corrected chi connectivity index (χ1v) is 6.60. The van der Waals surface area contributed by atoms with Crippen molar-refractivity contribution in [2.75, 3.05) is 7.11 Å². The first-order chi connectivity index (χ1) is 10.9. The SMILES string of the molecule is COc1c(CO)c(O)cc2c1C(=O)c1ccc(O)c(O)c1C2=O. The standard InChI is InChI=1S/C16H12O7/c1-23-16-8(5-17)10(19)4-7-12(16)13(20)6-2-3-9(18)15(22)11(6)14(7)21/h2-4,17-19,22H,5H2,1H3. The molecule has 2 aromatic carbocycles. The van der Waals surface area contributed by atoms with Gasteiger partial charge in [0.2, 0.25) is 0 Å². The molecular weight excluding hydrogens is 304 g/mol. The minimum atomic E-state index is -0.735. The minimum absolute atomic E-state index is 0.0150. The molecule has 1 aliphatic rings. The van der Waals surface area contributed by atoms with Crippen LogP contribution in [0.5, 0.6) is 23.0 Å². The van der Waals surface area contributed by atoms with Gasteiger partial charge in [-0.05, 0) is 18.2 Å². The number of aliphatic hydroxyl groups excluding tert-OH is 1. The zero-order valence-electron chi connectivity index (χ0n) is 12.0. The van der Waals surface area contributed by atoms with Crippen LogP contribution >= 0.6 is 0 Å². The molecular formula is C16H12O7. The maximum atomic E-state index is 12.7. The van der Waals surface area contributed by atoms with Gasteiger partial charge in [-0.15, -0.1) is 0 Å². The lowest BCUT2D eigenvalue weighted by molar-refractivity contribution is 0.0972. The highest BCUT2D eigenvalue weighted by molar-refractivity contribution is 6.30. The third-order valence-electron chi connectivity index (χ3n) is 3.82. The lowest BCUT2D eigenvalue weighted by Gasteiger charge is -2.22. The predicted molar refractivity (Wildman–Crippen MR) is 77.2 cm³/mol. The smallest absolute Gasteiger partial charge is 0.198 e. The topological polar surface area (TPSA) is 124 Å². The second-order valence-corrected chi connectivity index (χ2v) is 5.00. The molecule has 0 amide bonds. The van der Waals surface area contributed by atoms with E-state index in [0.717, 1.165) is 12.1 Å². The maximum absolute atomic E-state index is 12.7. The molecule has 0 fully saturated rings. The minimum Gasteiger partial charge on any atom is -0.507 e. The third-order valence-corrected chi connectivity index (χ3v) is 3.82. The van der Waals surface area contributed by atoms with Crippen LogP contribution in [0.3, 0.4) is 0 Å². The molecule has 0 aromatic heterocycles. The Balaban J connectivity index is 2.40. The zero-order valence-corrected chi connectivity index (χ0v) is 12.0. The number of carbonyl (C=O) groups excluding carboxylic acids is 2. The summed E-state index contributed by atoms with van der Waals surface area (Å²) in [5.41, 5.74) is -0.711. The molecule has 118 valence electrons. The number of methoxy groups -OCH3 is 1. The molecule has 0 atom stereocenters. The Morgan fingerprint density at radius 1 is 0.957 bits per heavy atom. The number of aromatic hydroxyl groups is 3. The van der Waals surface area contributed by atoms with Crippen LogP contribution in [-0.4, -0.2) is 39.1 Å². The van der Waals surface area contributed by atoms with Gasteiger partial charge in [-0.3, -0.25) is 9.59 Å². The van der Waals surface area contributed by atoms with Gasteiger partial charge in [-0.25, -0.2) is 0 Å². The van der Waals surface area contributed by atoms with Crippen LogP contribution < -0.4 is 4.74 Å². The van der Waals surface area contributed by atoms with E-state index in [1.165, 1.54) is 13.2 Å². The van der Waals surface area contributed by atoms with E-state index in [2.05, 4.69) is 0 Å². The van der Waals surface area contributed by atoms with Crippen molar-refractivity contribution in [3.8, 4) is 23.0 Å². The van der Waals surface area contributed by atoms with Gasteiger partial charge in [-0.2, -0.15) is 0 Å². The molecule has 7 nitrogen and oxygen atoms in total. The number of hydrogen-bond acceptors (Lipinski definition) is 7. The number of hydrogen-bond donors (Lipinski definition) is 4. The van der Waals surface area contributed by atoms with Gasteiger partial charge in [0.1, 0.15) is 11.5 Å². The van der Waals surface area contributed by atoms with Crippen molar-refractivity contribution in [1.29, 1.82) is 0 Å². The van der Waals surface area contributed by atoms with Crippen molar-refractivity contribution in [2.45, 2.75) is 6.61 Å². The monoisotopic (exact) mass is 316 g/mol. The van der Waals surface area contributed by atoms with Crippen LogP contribution in [-0.2, 0) is 6.61 Å². The number of phenolic OH excluding ortho intramolecular Hbond substituents is 2. The van der Waals surface area contributed by atoms with Crippen LogP contribution in [0.1, 0.15) is 37.4 Å². The number of fused-ring (bicyclic) bond motifs is 2. The van der Waals surface area contributed by atoms with Gasteiger partial charge in [0.05, 0.1) is 30.4 Å². The first-order valence-electron chi connectivity index (χ1n) is 6.60. The molecule has 0 saturated carbocycles. The van der Waals surface area contributed by atoms with Crippen LogP contribution in [0, 0.1) is 0 Å². The summed E-state index contributed by atoms with van der Waals surface area (Å²) >= 11 is 0. The Labute approximate surface area is 130 Å². The van der Waals surface area contributed by atoms with Crippen LogP contribution in [0.2, 0.25) is 0 Å². The molecule has 0 heterocycles. The van der Waals surface area contributed by atoms with Crippen molar-refractivity contribution < 1.29 is 34.8 Å². The van der Waals surface area contributed by atoms with Crippen molar-refractivity contribution in [2.24, 2.45) is 0 Å². The van der Waals surface area contributed by atoms with Gasteiger partial charge in [-0.1, -0.05) is 0 Å². The summed E-state index contributed by atoms with van der Waals surface area (Å²) in [6.45, 7) is -0.586. The fourth-order valence-corrected chi connectivity index (χ4v) is 2.74. The number of phenols is 3. The summed E-state index contributed by atoms with van der Waals surface area (Å²) in [7, 11) is 1.25. The Morgan fingerprint density at radius 2 is 1.61 bits per heavy atom. The molecule has 3 rings (SSSR count). The zero-order chi connectivity index (χ0) is 16.9. The average molecular weight is 316 g/mol. The molecule has 0 bridgehead atoms. The molecule has 23 heavy (non-hydrogen) atoms. The largest absolute Gasteiger partial charge is 0.507 e. The molecule has 0 unspecified atom stereocenters. The van der Waals surface area contributed by atoms with E-state index in [9.17, 15) is 30.0 Å². The third kappa shape index (κ3) is 1.87. The lowest BCUT2D eigenvalue weighted by atomic mass is 9.81. The molecule has 1 aliphatic carbocycles. The summed E-state index contributed by atoms with van der Waals surface area (Å²) in [6, 6.07) is 3.36. The lowest BCUT2D eigenvalue weighted by Crippen LogP contribution is -2.22. The number of ether oxygens (including phenoxy) is 1. The van der Waals surface area contributed by atoms with E-state index in [1.807, 2.05) is 0 Å². The van der Waals surface area contributed by atoms with Gasteiger partial charge >= 0.3 is 0 Å². The number of aliphatic hydroxyl groups is 1. The second-order valence-electron chi connectivity index (χ2n) is 5.00. The molecule has 7 heteroatoms.